The predicted molar refractivity (Wildman–Crippen MR) is 123 cm³/mol. The van der Waals surface area contributed by atoms with Gasteiger partial charge in [0.2, 0.25) is 11.7 Å². The van der Waals surface area contributed by atoms with E-state index in [1.165, 1.54) is 0 Å². The van der Waals surface area contributed by atoms with Crippen molar-refractivity contribution in [3.05, 3.63) is 66.0 Å². The van der Waals surface area contributed by atoms with Crippen LogP contribution in [0.1, 0.15) is 24.1 Å². The van der Waals surface area contributed by atoms with Crippen LogP contribution in [0.5, 0.6) is 0 Å². The molecule has 9 heteroatoms. The van der Waals surface area contributed by atoms with Crippen molar-refractivity contribution in [2.24, 2.45) is 0 Å². The molecule has 5 rings (SSSR count). The molecule has 4 aromatic rings. The Bertz CT molecular complexity index is 1230. The van der Waals surface area contributed by atoms with Gasteiger partial charge in [0.05, 0.1) is 6.54 Å². The molecule has 0 unspecified atom stereocenters. The van der Waals surface area contributed by atoms with Crippen LogP contribution in [0.3, 0.4) is 0 Å². The van der Waals surface area contributed by atoms with Crippen molar-refractivity contribution in [1.82, 2.24) is 29.8 Å². The number of aromatic nitrogens is 5. The van der Waals surface area contributed by atoms with Gasteiger partial charge in [-0.25, -0.2) is 4.98 Å². The van der Waals surface area contributed by atoms with E-state index in [1.54, 1.807) is 0 Å². The maximum atomic E-state index is 11.7. The lowest BCUT2D eigenvalue weighted by Crippen LogP contribution is -2.30. The second-order valence-electron chi connectivity index (χ2n) is 8.08. The van der Waals surface area contributed by atoms with Crippen molar-refractivity contribution in [2.45, 2.75) is 26.3 Å². The van der Waals surface area contributed by atoms with E-state index in [0.29, 0.717) is 43.5 Å². The third-order valence-electron chi connectivity index (χ3n) is 5.67. The zero-order chi connectivity index (χ0) is 22.6. The van der Waals surface area contributed by atoms with Crippen molar-refractivity contribution in [3.8, 4) is 23.0 Å². The van der Waals surface area contributed by atoms with E-state index in [0.717, 1.165) is 35.6 Å². The average Bonchev–Trinajstić information content (AvgIpc) is 3.57. The topological polar surface area (TPSA) is 102 Å². The Morgan fingerprint density at radius 1 is 1.15 bits per heavy atom. The number of nitrogens with one attached hydrogen (secondary N) is 1. The molecule has 1 fully saturated rings. The lowest BCUT2D eigenvalue weighted by atomic mass is 10.2. The molecule has 0 atom stereocenters. The predicted octanol–water partition coefficient (Wildman–Crippen LogP) is 3.39. The summed E-state index contributed by atoms with van der Waals surface area (Å²) in [7, 11) is 0. The Hall–Kier alpha value is -4.01. The summed E-state index contributed by atoms with van der Waals surface area (Å²) in [5.41, 5.74) is 3.56. The molecule has 0 aliphatic carbocycles. The van der Waals surface area contributed by atoms with Crippen LogP contribution in [-0.4, -0.2) is 55.3 Å². The fourth-order valence-electron chi connectivity index (χ4n) is 3.86. The van der Waals surface area contributed by atoms with Crippen molar-refractivity contribution < 1.29 is 9.32 Å². The monoisotopic (exact) mass is 443 g/mol. The Morgan fingerprint density at radius 3 is 2.79 bits per heavy atom. The van der Waals surface area contributed by atoms with E-state index in [4.69, 9.17) is 4.52 Å². The molecule has 1 N–H and O–H groups in total. The van der Waals surface area contributed by atoms with Crippen molar-refractivity contribution >= 4 is 11.7 Å². The van der Waals surface area contributed by atoms with E-state index in [2.05, 4.69) is 25.5 Å². The van der Waals surface area contributed by atoms with Gasteiger partial charge < -0.3 is 14.7 Å². The van der Waals surface area contributed by atoms with Crippen molar-refractivity contribution in [1.29, 1.82) is 0 Å². The minimum atomic E-state index is 0.242. The third kappa shape index (κ3) is 4.77. The van der Waals surface area contributed by atoms with Crippen LogP contribution in [0.25, 0.3) is 23.0 Å². The standard InChI is InChI=1S/C24H25N7O2/c1-17-14-20(24-27-23(29-33-24)19-6-3-2-4-7-19)28-31(17)16-18-9-10-21(26-15-18)25-11-13-30-12-5-8-22(30)32/h2-4,6-7,9-10,14-15H,5,8,11-13,16H2,1H3,(H,25,26). The largest absolute Gasteiger partial charge is 0.368 e. The summed E-state index contributed by atoms with van der Waals surface area (Å²) in [6.45, 7) is 4.83. The Morgan fingerprint density at radius 2 is 2.03 bits per heavy atom. The number of benzene rings is 1. The van der Waals surface area contributed by atoms with Crippen LogP contribution in [0.15, 0.2) is 59.3 Å². The number of nitrogens with zero attached hydrogens (tertiary/aromatic N) is 6. The number of pyridine rings is 1. The van der Waals surface area contributed by atoms with Gasteiger partial charge in [0, 0.05) is 43.5 Å². The van der Waals surface area contributed by atoms with Gasteiger partial charge >= 0.3 is 0 Å². The molecule has 0 spiro atoms. The molecule has 9 nitrogen and oxygen atoms in total. The van der Waals surface area contributed by atoms with Gasteiger partial charge in [-0.2, -0.15) is 10.1 Å². The van der Waals surface area contributed by atoms with Crippen LogP contribution in [0.4, 0.5) is 5.82 Å². The lowest BCUT2D eigenvalue weighted by molar-refractivity contribution is -0.127. The second kappa shape index (κ2) is 9.23. The molecule has 1 saturated heterocycles. The number of rotatable bonds is 8. The summed E-state index contributed by atoms with van der Waals surface area (Å²) in [6.07, 6.45) is 3.47. The SMILES string of the molecule is Cc1cc(-c2nc(-c3ccccc3)no2)nn1Cc1ccc(NCCN2CCCC2=O)nc1. The minimum Gasteiger partial charge on any atom is -0.368 e. The van der Waals surface area contributed by atoms with Crippen LogP contribution >= 0.6 is 0 Å². The molecule has 0 radical (unpaired) electrons. The molecule has 1 aliphatic heterocycles. The van der Waals surface area contributed by atoms with Gasteiger partial charge in [-0.05, 0) is 31.0 Å². The molecule has 3 aromatic heterocycles. The van der Waals surface area contributed by atoms with E-state index in [-0.39, 0.29) is 5.91 Å². The zero-order valence-corrected chi connectivity index (χ0v) is 18.4. The number of anilines is 1. The highest BCUT2D eigenvalue weighted by molar-refractivity contribution is 5.78. The van der Waals surface area contributed by atoms with Gasteiger partial charge in [0.25, 0.3) is 5.89 Å². The first kappa shape index (κ1) is 20.9. The maximum absolute atomic E-state index is 11.7. The highest BCUT2D eigenvalue weighted by Crippen LogP contribution is 2.22. The van der Waals surface area contributed by atoms with Gasteiger partial charge in [0.15, 0.2) is 5.69 Å². The van der Waals surface area contributed by atoms with E-state index in [9.17, 15) is 4.79 Å². The molecule has 33 heavy (non-hydrogen) atoms. The van der Waals surface area contributed by atoms with Crippen molar-refractivity contribution in [3.63, 3.8) is 0 Å². The summed E-state index contributed by atoms with van der Waals surface area (Å²) >= 11 is 0. The van der Waals surface area contributed by atoms with Gasteiger partial charge in [-0.15, -0.1) is 0 Å². The average molecular weight is 444 g/mol. The first-order valence-electron chi connectivity index (χ1n) is 11.1. The van der Waals surface area contributed by atoms with Crippen LogP contribution < -0.4 is 5.32 Å². The Labute approximate surface area is 191 Å². The first-order chi connectivity index (χ1) is 16.2. The Kier molecular flexibility index (Phi) is 5.84. The summed E-state index contributed by atoms with van der Waals surface area (Å²) in [6, 6.07) is 15.6. The van der Waals surface area contributed by atoms with Gasteiger partial charge in [-0.3, -0.25) is 9.48 Å². The normalized spacial score (nSPS) is 13.6. The number of likely N-dealkylation sites (tertiary alicyclic amines) is 1. The van der Waals surface area contributed by atoms with Crippen LogP contribution in [0, 0.1) is 6.92 Å². The number of hydrogen-bond acceptors (Lipinski definition) is 7. The molecule has 168 valence electrons. The third-order valence-corrected chi connectivity index (χ3v) is 5.67. The number of carbonyl (C=O) groups is 1. The van der Waals surface area contributed by atoms with E-state index < -0.39 is 0 Å². The fourth-order valence-corrected chi connectivity index (χ4v) is 3.86. The molecular formula is C24H25N7O2. The quantitative estimate of drug-likeness (QED) is 0.445. The lowest BCUT2D eigenvalue weighted by Gasteiger charge is -2.15. The van der Waals surface area contributed by atoms with E-state index >= 15 is 0 Å². The van der Waals surface area contributed by atoms with Gasteiger partial charge in [0.1, 0.15) is 5.82 Å². The molecule has 4 heterocycles. The zero-order valence-electron chi connectivity index (χ0n) is 18.4. The highest BCUT2D eigenvalue weighted by Gasteiger charge is 2.19. The number of hydrogen-bond donors (Lipinski definition) is 1. The molecule has 1 amide bonds. The summed E-state index contributed by atoms with van der Waals surface area (Å²) in [4.78, 5) is 22.6. The Balaban J connectivity index is 1.20. The van der Waals surface area contributed by atoms with E-state index in [1.807, 2.05) is 71.2 Å². The molecule has 0 saturated carbocycles. The number of amides is 1. The molecule has 0 bridgehead atoms. The second-order valence-corrected chi connectivity index (χ2v) is 8.08. The molecular weight excluding hydrogens is 418 g/mol. The highest BCUT2D eigenvalue weighted by atomic mass is 16.5. The number of carbonyl (C=O) groups excluding carboxylic acids is 1. The first-order valence-corrected chi connectivity index (χ1v) is 11.1. The number of aryl methyl sites for hydroxylation is 1. The molecule has 1 aliphatic rings. The van der Waals surface area contributed by atoms with Crippen LogP contribution in [0.2, 0.25) is 0 Å². The van der Waals surface area contributed by atoms with Crippen LogP contribution in [-0.2, 0) is 11.3 Å². The fraction of sp³-hybridized carbons (Fsp3) is 0.292. The summed E-state index contributed by atoms with van der Waals surface area (Å²) in [5, 5.41) is 12.0. The minimum absolute atomic E-state index is 0.242. The van der Waals surface area contributed by atoms with Gasteiger partial charge in [-0.1, -0.05) is 41.6 Å². The summed E-state index contributed by atoms with van der Waals surface area (Å²) in [5.74, 6) is 1.97. The van der Waals surface area contributed by atoms with Crippen molar-refractivity contribution in [2.75, 3.05) is 25.0 Å². The molecule has 1 aromatic carbocycles. The smallest absolute Gasteiger partial charge is 0.278 e. The maximum Gasteiger partial charge on any atom is 0.278 e. The summed E-state index contributed by atoms with van der Waals surface area (Å²) < 4.78 is 7.33.